The number of benzene rings is 2. The van der Waals surface area contributed by atoms with E-state index in [1.165, 1.54) is 18.2 Å². The number of nitrogens with two attached hydrogens (primary N) is 1. The molecule has 0 heterocycles. The fourth-order valence-corrected chi connectivity index (χ4v) is 3.33. The molecule has 5 nitrogen and oxygen atoms in total. The summed E-state index contributed by atoms with van der Waals surface area (Å²) in [5.74, 6) is -0.331. The standard InChI is InChI=1S/C19H22N2O3S/c1-15(20)19(22)21-17(14-16-8-4-2-5-9-16)12-13-25(23,24)18-10-6-3-7-11-18/h2-13,15,17H,14,20H2,1H3,(H,21,22)/b13-12+/t15-,17+/m0/s1. The van der Waals surface area contributed by atoms with Crippen molar-refractivity contribution in [3.63, 3.8) is 0 Å². The van der Waals surface area contributed by atoms with Crippen molar-refractivity contribution in [2.75, 3.05) is 0 Å². The summed E-state index contributed by atoms with van der Waals surface area (Å²) in [6, 6.07) is 16.5. The fraction of sp³-hybridized carbons (Fsp3) is 0.211. The number of carbonyl (C=O) groups is 1. The lowest BCUT2D eigenvalue weighted by Gasteiger charge is -2.17. The second kappa shape index (κ2) is 8.60. The third-order valence-corrected chi connectivity index (χ3v) is 5.05. The van der Waals surface area contributed by atoms with Crippen LogP contribution in [0.3, 0.4) is 0 Å². The highest BCUT2D eigenvalue weighted by Crippen LogP contribution is 2.12. The Labute approximate surface area is 148 Å². The zero-order valence-electron chi connectivity index (χ0n) is 14.0. The van der Waals surface area contributed by atoms with Crippen LogP contribution in [0, 0.1) is 0 Å². The Bertz CT molecular complexity index is 816. The van der Waals surface area contributed by atoms with Gasteiger partial charge in [-0.15, -0.1) is 0 Å². The van der Waals surface area contributed by atoms with Gasteiger partial charge in [0.15, 0.2) is 9.84 Å². The maximum Gasteiger partial charge on any atom is 0.237 e. The van der Waals surface area contributed by atoms with Crippen LogP contribution in [-0.4, -0.2) is 26.4 Å². The van der Waals surface area contributed by atoms with Gasteiger partial charge in [0, 0.05) is 5.41 Å². The van der Waals surface area contributed by atoms with Gasteiger partial charge in [-0.1, -0.05) is 54.6 Å². The molecule has 0 saturated carbocycles. The van der Waals surface area contributed by atoms with E-state index in [4.69, 9.17) is 5.73 Å². The molecule has 2 atom stereocenters. The Balaban J connectivity index is 2.21. The topological polar surface area (TPSA) is 89.3 Å². The number of sulfone groups is 1. The van der Waals surface area contributed by atoms with Crippen LogP contribution in [0.5, 0.6) is 0 Å². The molecule has 0 saturated heterocycles. The quantitative estimate of drug-likeness (QED) is 0.793. The molecular formula is C19H22N2O3S. The summed E-state index contributed by atoms with van der Waals surface area (Å²) < 4.78 is 24.8. The predicted octanol–water partition coefficient (Wildman–Crippen LogP) is 2.05. The lowest BCUT2D eigenvalue weighted by molar-refractivity contribution is -0.122. The number of hydrogen-bond donors (Lipinski definition) is 2. The van der Waals surface area contributed by atoms with E-state index in [0.717, 1.165) is 11.0 Å². The van der Waals surface area contributed by atoms with Crippen molar-refractivity contribution in [2.24, 2.45) is 5.73 Å². The summed E-state index contributed by atoms with van der Waals surface area (Å²) in [6.07, 6.45) is 1.97. The number of rotatable bonds is 7. The van der Waals surface area contributed by atoms with E-state index >= 15 is 0 Å². The fourth-order valence-electron chi connectivity index (χ4n) is 2.24. The minimum Gasteiger partial charge on any atom is -0.348 e. The molecule has 0 spiro atoms. The van der Waals surface area contributed by atoms with Gasteiger partial charge in [-0.25, -0.2) is 8.42 Å². The molecule has 2 rings (SSSR count). The summed E-state index contributed by atoms with van der Waals surface area (Å²) in [5.41, 5.74) is 6.58. The van der Waals surface area contributed by atoms with E-state index in [2.05, 4.69) is 5.32 Å². The van der Waals surface area contributed by atoms with Crippen LogP contribution in [0.4, 0.5) is 0 Å². The molecule has 2 aromatic carbocycles. The normalized spacial score (nSPS) is 14.2. The molecule has 3 N–H and O–H groups in total. The Morgan fingerprint density at radius 3 is 2.20 bits per heavy atom. The molecule has 6 heteroatoms. The Morgan fingerprint density at radius 2 is 1.64 bits per heavy atom. The van der Waals surface area contributed by atoms with E-state index < -0.39 is 21.9 Å². The van der Waals surface area contributed by atoms with Crippen molar-refractivity contribution in [1.82, 2.24) is 5.32 Å². The Kier molecular flexibility index (Phi) is 6.50. The zero-order valence-corrected chi connectivity index (χ0v) is 14.8. The highest BCUT2D eigenvalue weighted by molar-refractivity contribution is 7.94. The average Bonchev–Trinajstić information content (AvgIpc) is 2.61. The van der Waals surface area contributed by atoms with Gasteiger partial charge in [-0.05, 0) is 31.0 Å². The van der Waals surface area contributed by atoms with Gasteiger partial charge in [0.05, 0.1) is 17.0 Å². The maximum atomic E-state index is 12.4. The van der Waals surface area contributed by atoms with Gasteiger partial charge in [-0.2, -0.15) is 0 Å². The summed E-state index contributed by atoms with van der Waals surface area (Å²) in [6.45, 7) is 1.58. The van der Waals surface area contributed by atoms with E-state index in [1.807, 2.05) is 30.3 Å². The summed E-state index contributed by atoms with van der Waals surface area (Å²) in [4.78, 5) is 12.1. The molecule has 0 bridgehead atoms. The molecule has 0 aromatic heterocycles. The minimum absolute atomic E-state index is 0.211. The van der Waals surface area contributed by atoms with E-state index in [0.29, 0.717) is 6.42 Å². The SMILES string of the molecule is C[C@H](N)C(=O)N[C@H](/C=C/S(=O)(=O)c1ccccc1)Cc1ccccc1. The van der Waals surface area contributed by atoms with Crippen LogP contribution in [0.25, 0.3) is 0 Å². The maximum absolute atomic E-state index is 12.4. The molecule has 0 aliphatic carbocycles. The highest BCUT2D eigenvalue weighted by atomic mass is 32.2. The lowest BCUT2D eigenvalue weighted by atomic mass is 10.1. The molecule has 132 valence electrons. The van der Waals surface area contributed by atoms with Crippen molar-refractivity contribution >= 4 is 15.7 Å². The summed E-state index contributed by atoms with van der Waals surface area (Å²) >= 11 is 0. The number of amides is 1. The third-order valence-electron chi connectivity index (χ3n) is 3.60. The minimum atomic E-state index is -3.57. The number of carbonyl (C=O) groups excluding carboxylic acids is 1. The van der Waals surface area contributed by atoms with E-state index in [9.17, 15) is 13.2 Å². The van der Waals surface area contributed by atoms with Gasteiger partial charge in [-0.3, -0.25) is 4.79 Å². The monoisotopic (exact) mass is 358 g/mol. The van der Waals surface area contributed by atoms with E-state index in [1.54, 1.807) is 25.1 Å². The van der Waals surface area contributed by atoms with Crippen molar-refractivity contribution in [3.05, 3.63) is 77.7 Å². The first-order chi connectivity index (χ1) is 11.9. The predicted molar refractivity (Wildman–Crippen MR) is 98.5 cm³/mol. The average molecular weight is 358 g/mol. The van der Waals surface area contributed by atoms with Crippen LogP contribution in [0.2, 0.25) is 0 Å². The molecule has 1 amide bonds. The van der Waals surface area contributed by atoms with Crippen LogP contribution >= 0.6 is 0 Å². The first-order valence-corrected chi connectivity index (χ1v) is 9.51. The summed E-state index contributed by atoms with van der Waals surface area (Å²) in [5, 5.41) is 3.91. The van der Waals surface area contributed by atoms with Gasteiger partial charge < -0.3 is 11.1 Å². The van der Waals surface area contributed by atoms with Gasteiger partial charge >= 0.3 is 0 Å². The lowest BCUT2D eigenvalue weighted by Crippen LogP contribution is -2.44. The van der Waals surface area contributed by atoms with Gasteiger partial charge in [0.1, 0.15) is 0 Å². The van der Waals surface area contributed by atoms with Crippen LogP contribution < -0.4 is 11.1 Å². The van der Waals surface area contributed by atoms with Crippen molar-refractivity contribution < 1.29 is 13.2 Å². The molecule has 0 radical (unpaired) electrons. The molecule has 25 heavy (non-hydrogen) atoms. The number of hydrogen-bond acceptors (Lipinski definition) is 4. The first kappa shape index (κ1) is 18.9. The zero-order chi connectivity index (χ0) is 18.3. The van der Waals surface area contributed by atoms with E-state index in [-0.39, 0.29) is 10.8 Å². The molecule has 2 aromatic rings. The van der Waals surface area contributed by atoms with Crippen molar-refractivity contribution in [1.29, 1.82) is 0 Å². The third kappa shape index (κ3) is 5.85. The van der Waals surface area contributed by atoms with Crippen LogP contribution in [0.15, 0.2) is 77.0 Å². The van der Waals surface area contributed by atoms with Crippen molar-refractivity contribution in [2.45, 2.75) is 30.3 Å². The second-order valence-corrected chi connectivity index (χ2v) is 7.61. The molecular weight excluding hydrogens is 336 g/mol. The summed E-state index contributed by atoms with van der Waals surface area (Å²) in [7, 11) is -3.57. The van der Waals surface area contributed by atoms with Gasteiger partial charge in [0.2, 0.25) is 5.91 Å². The largest absolute Gasteiger partial charge is 0.348 e. The Hall–Kier alpha value is -2.44. The van der Waals surface area contributed by atoms with Crippen LogP contribution in [0.1, 0.15) is 12.5 Å². The Morgan fingerprint density at radius 1 is 1.08 bits per heavy atom. The molecule has 0 aliphatic rings. The highest BCUT2D eigenvalue weighted by Gasteiger charge is 2.15. The number of nitrogens with one attached hydrogen (secondary N) is 1. The second-order valence-electron chi connectivity index (χ2n) is 5.78. The van der Waals surface area contributed by atoms with Crippen molar-refractivity contribution in [3.8, 4) is 0 Å². The molecule has 0 fully saturated rings. The van der Waals surface area contributed by atoms with Gasteiger partial charge in [0.25, 0.3) is 0 Å². The molecule has 0 aliphatic heterocycles. The smallest absolute Gasteiger partial charge is 0.237 e. The first-order valence-electron chi connectivity index (χ1n) is 7.97. The molecule has 0 unspecified atom stereocenters. The van der Waals surface area contributed by atoms with Crippen LogP contribution in [-0.2, 0) is 21.1 Å².